The molecule has 1 aromatic carbocycles. The van der Waals surface area contributed by atoms with E-state index in [0.717, 1.165) is 23.4 Å². The van der Waals surface area contributed by atoms with Crippen LogP contribution in [0.2, 0.25) is 0 Å². The first-order chi connectivity index (χ1) is 8.08. The topological polar surface area (TPSA) is 67.5 Å². The highest BCUT2D eigenvalue weighted by molar-refractivity contribution is 7.83. The molecule has 5 heteroatoms. The Bertz CT molecular complexity index is 483. The molecule has 0 fully saturated rings. The van der Waals surface area contributed by atoms with Crippen molar-refractivity contribution in [1.29, 1.82) is 0 Å². The second-order valence-electron chi connectivity index (χ2n) is 4.56. The van der Waals surface area contributed by atoms with Crippen molar-refractivity contribution < 1.29 is 4.21 Å². The van der Waals surface area contributed by atoms with E-state index >= 15 is 0 Å². The number of hydrogen-bond acceptors (Lipinski definition) is 3. The summed E-state index contributed by atoms with van der Waals surface area (Å²) in [4.78, 5) is 0. The van der Waals surface area contributed by atoms with Gasteiger partial charge in [0.2, 0.25) is 0 Å². The van der Waals surface area contributed by atoms with Crippen molar-refractivity contribution >= 4 is 22.5 Å². The molecule has 1 heterocycles. The Balaban J connectivity index is 2.35. The third kappa shape index (κ3) is 2.66. The van der Waals surface area contributed by atoms with Gasteiger partial charge in [0.1, 0.15) is 16.8 Å². The third-order valence-electron chi connectivity index (χ3n) is 2.59. The minimum atomic E-state index is -1.22. The van der Waals surface area contributed by atoms with Crippen molar-refractivity contribution in [2.45, 2.75) is 19.6 Å². The zero-order valence-electron chi connectivity index (χ0n) is 10.1. The summed E-state index contributed by atoms with van der Waals surface area (Å²) >= 11 is 0. The van der Waals surface area contributed by atoms with Crippen molar-refractivity contribution in [2.24, 2.45) is 16.0 Å². The number of hydrogen-bond donors (Lipinski definition) is 2. The van der Waals surface area contributed by atoms with E-state index in [1.807, 2.05) is 18.2 Å². The van der Waals surface area contributed by atoms with Crippen molar-refractivity contribution in [1.82, 2.24) is 0 Å². The van der Waals surface area contributed by atoms with Crippen molar-refractivity contribution in [3.05, 3.63) is 29.3 Å². The molecule has 1 unspecified atom stereocenters. The zero-order chi connectivity index (χ0) is 12.4. The lowest BCUT2D eigenvalue weighted by Gasteiger charge is -2.19. The smallest absolute Gasteiger partial charge is 0.145 e. The number of amidine groups is 1. The minimum absolute atomic E-state index is 0.372. The van der Waals surface area contributed by atoms with Crippen LogP contribution < -0.4 is 11.1 Å². The van der Waals surface area contributed by atoms with Gasteiger partial charge in [-0.15, -0.1) is 0 Å². The molecule has 1 aliphatic heterocycles. The number of nitrogens with zero attached hydrogens (tertiary/aromatic N) is 1. The van der Waals surface area contributed by atoms with Crippen molar-refractivity contribution in [3.63, 3.8) is 0 Å². The number of fused-ring (bicyclic) bond motifs is 1. The highest BCUT2D eigenvalue weighted by atomic mass is 32.2. The molecule has 1 aromatic rings. The largest absolute Gasteiger partial charge is 0.384 e. The molecule has 1 aliphatic rings. The average Bonchev–Trinajstić information content (AvgIpc) is 2.25. The van der Waals surface area contributed by atoms with E-state index in [1.54, 1.807) is 0 Å². The van der Waals surface area contributed by atoms with Gasteiger partial charge in [-0.25, -0.2) is 4.21 Å². The van der Waals surface area contributed by atoms with Gasteiger partial charge in [0.15, 0.2) is 0 Å². The summed E-state index contributed by atoms with van der Waals surface area (Å²) in [5.41, 5.74) is 8.76. The summed E-state index contributed by atoms with van der Waals surface area (Å²) in [6.45, 7) is 5.18. The van der Waals surface area contributed by atoms with E-state index in [4.69, 9.17) is 5.73 Å². The van der Waals surface area contributed by atoms with Gasteiger partial charge in [-0.2, -0.15) is 4.40 Å². The summed E-state index contributed by atoms with van der Waals surface area (Å²) in [5, 5.41) is 3.36. The SMILES string of the molecule is CC(C)CNc1cccc2c1C(N)=NS(=O)C2. The highest BCUT2D eigenvalue weighted by Crippen LogP contribution is 2.25. The van der Waals surface area contributed by atoms with Gasteiger partial charge in [-0.1, -0.05) is 26.0 Å². The molecule has 1 atom stereocenters. The summed E-state index contributed by atoms with van der Waals surface area (Å²) in [6, 6.07) is 5.89. The Kier molecular flexibility index (Phi) is 3.47. The first-order valence-corrected chi connectivity index (χ1v) is 6.94. The molecule has 0 aromatic heterocycles. The second kappa shape index (κ2) is 4.87. The molecular formula is C12H17N3OS. The molecule has 0 amide bonds. The predicted molar refractivity (Wildman–Crippen MR) is 72.3 cm³/mol. The maximum Gasteiger partial charge on any atom is 0.145 e. The average molecular weight is 251 g/mol. The number of benzene rings is 1. The van der Waals surface area contributed by atoms with Gasteiger partial charge < -0.3 is 11.1 Å². The predicted octanol–water partition coefficient (Wildman–Crippen LogP) is 1.64. The lowest BCUT2D eigenvalue weighted by molar-refractivity contribution is 0.683. The van der Waals surface area contributed by atoms with Crippen LogP contribution >= 0.6 is 0 Å². The van der Waals surface area contributed by atoms with Crippen LogP contribution in [0, 0.1) is 5.92 Å². The van der Waals surface area contributed by atoms with Gasteiger partial charge >= 0.3 is 0 Å². The third-order valence-corrected chi connectivity index (χ3v) is 3.55. The Hall–Kier alpha value is -1.36. The van der Waals surface area contributed by atoms with Crippen LogP contribution in [0.25, 0.3) is 0 Å². The quantitative estimate of drug-likeness (QED) is 0.858. The number of nitrogens with one attached hydrogen (secondary N) is 1. The maximum absolute atomic E-state index is 11.4. The van der Waals surface area contributed by atoms with Crippen LogP contribution in [-0.2, 0) is 16.7 Å². The van der Waals surface area contributed by atoms with Gasteiger partial charge in [-0.3, -0.25) is 0 Å². The number of rotatable bonds is 3. The van der Waals surface area contributed by atoms with Crippen LogP contribution in [0.4, 0.5) is 5.69 Å². The van der Waals surface area contributed by atoms with Gasteiger partial charge in [0, 0.05) is 17.8 Å². The van der Waals surface area contributed by atoms with E-state index in [0.29, 0.717) is 17.5 Å². The van der Waals surface area contributed by atoms with Crippen LogP contribution in [-0.4, -0.2) is 16.6 Å². The van der Waals surface area contributed by atoms with Crippen LogP contribution in [0.3, 0.4) is 0 Å². The van der Waals surface area contributed by atoms with Gasteiger partial charge in [-0.05, 0) is 17.5 Å². The molecule has 0 radical (unpaired) electrons. The van der Waals surface area contributed by atoms with E-state index in [1.165, 1.54) is 0 Å². The van der Waals surface area contributed by atoms with Crippen LogP contribution in [0.1, 0.15) is 25.0 Å². The molecule has 2 rings (SSSR count). The Labute approximate surface area is 104 Å². The van der Waals surface area contributed by atoms with E-state index in [9.17, 15) is 4.21 Å². The molecule has 92 valence electrons. The molecule has 0 aliphatic carbocycles. The first-order valence-electron chi connectivity index (χ1n) is 5.66. The molecule has 4 nitrogen and oxygen atoms in total. The first kappa shape index (κ1) is 12.1. The summed E-state index contributed by atoms with van der Waals surface area (Å²) in [5.74, 6) is 1.38. The molecule has 0 saturated carbocycles. The van der Waals surface area contributed by atoms with E-state index in [-0.39, 0.29) is 0 Å². The summed E-state index contributed by atoms with van der Waals surface area (Å²) in [6.07, 6.45) is 0. The molecule has 0 bridgehead atoms. The monoisotopic (exact) mass is 251 g/mol. The van der Waals surface area contributed by atoms with E-state index < -0.39 is 11.0 Å². The lowest BCUT2D eigenvalue weighted by atomic mass is 10.0. The Morgan fingerprint density at radius 3 is 3.00 bits per heavy atom. The second-order valence-corrected chi connectivity index (χ2v) is 5.67. The fourth-order valence-corrected chi connectivity index (χ4v) is 2.69. The fourth-order valence-electron chi connectivity index (χ4n) is 1.80. The summed E-state index contributed by atoms with van der Waals surface area (Å²) < 4.78 is 15.4. The van der Waals surface area contributed by atoms with Crippen LogP contribution in [0.15, 0.2) is 22.6 Å². The zero-order valence-corrected chi connectivity index (χ0v) is 10.9. The van der Waals surface area contributed by atoms with E-state index in [2.05, 4.69) is 23.6 Å². The molecule has 17 heavy (non-hydrogen) atoms. The van der Waals surface area contributed by atoms with Gasteiger partial charge in [0.05, 0.1) is 5.75 Å². The van der Waals surface area contributed by atoms with Gasteiger partial charge in [0.25, 0.3) is 0 Å². The Morgan fingerprint density at radius 2 is 2.29 bits per heavy atom. The highest BCUT2D eigenvalue weighted by Gasteiger charge is 2.19. The minimum Gasteiger partial charge on any atom is -0.384 e. The Morgan fingerprint density at radius 1 is 1.53 bits per heavy atom. The lowest BCUT2D eigenvalue weighted by Crippen LogP contribution is -2.24. The standard InChI is InChI=1S/C12H17N3OS/c1-8(2)6-14-10-5-3-4-9-7-17(16)15-12(13)11(9)10/h3-5,8,14H,6-7H2,1-2H3,(H2,13,15). The molecular weight excluding hydrogens is 234 g/mol. The van der Waals surface area contributed by atoms with Crippen molar-refractivity contribution in [2.75, 3.05) is 11.9 Å². The summed E-state index contributed by atoms with van der Waals surface area (Å²) in [7, 11) is -1.22. The number of anilines is 1. The molecule has 0 saturated heterocycles. The normalized spacial score (nSPS) is 18.8. The maximum atomic E-state index is 11.4. The fraction of sp³-hybridized carbons (Fsp3) is 0.417. The molecule has 0 spiro atoms. The van der Waals surface area contributed by atoms with Crippen molar-refractivity contribution in [3.8, 4) is 0 Å². The number of nitrogens with two attached hydrogens (primary N) is 1. The molecule has 3 N–H and O–H groups in total. The van der Waals surface area contributed by atoms with Crippen LogP contribution in [0.5, 0.6) is 0 Å².